The van der Waals surface area contributed by atoms with Crippen LogP contribution in [0.5, 0.6) is 0 Å². The summed E-state index contributed by atoms with van der Waals surface area (Å²) in [7, 11) is 0. The van der Waals surface area contributed by atoms with E-state index < -0.39 is 12.1 Å². The molecule has 4 rings (SSSR count). The highest BCUT2D eigenvalue weighted by Crippen LogP contribution is 2.44. The Morgan fingerprint density at radius 1 is 1.17 bits per heavy atom. The zero-order chi connectivity index (χ0) is 20.2. The van der Waals surface area contributed by atoms with E-state index in [9.17, 15) is 9.59 Å². The SMILES string of the molecule is CCC[C@H](NC(=O)OCC1c2ccccc2-c2ccccc21)c1nc(C=O)co1. The van der Waals surface area contributed by atoms with Crippen LogP contribution in [0.2, 0.25) is 0 Å². The van der Waals surface area contributed by atoms with Gasteiger partial charge in [-0.3, -0.25) is 4.79 Å². The topological polar surface area (TPSA) is 81.4 Å². The molecule has 3 aromatic rings. The Bertz CT molecular complexity index is 981. The van der Waals surface area contributed by atoms with Gasteiger partial charge in [-0.1, -0.05) is 61.9 Å². The number of carbonyl (C=O) groups is 2. The highest BCUT2D eigenvalue weighted by atomic mass is 16.5. The molecule has 0 spiro atoms. The summed E-state index contributed by atoms with van der Waals surface area (Å²) in [5, 5.41) is 2.81. The van der Waals surface area contributed by atoms with Gasteiger partial charge in [-0.2, -0.15) is 0 Å². The third kappa shape index (κ3) is 3.78. The standard InChI is InChI=1S/C23H22N2O4/c1-2-7-21(22-24-15(12-26)13-28-22)25-23(27)29-14-20-18-10-5-3-8-16(18)17-9-4-6-11-19(17)20/h3-6,8-13,20-21H,2,7,14H2,1H3,(H,25,27)/t21-/m0/s1. The maximum absolute atomic E-state index is 12.5. The van der Waals surface area contributed by atoms with Gasteiger partial charge in [-0.15, -0.1) is 0 Å². The van der Waals surface area contributed by atoms with Crippen LogP contribution in [0.15, 0.2) is 59.2 Å². The number of carbonyl (C=O) groups excluding carboxylic acids is 2. The Labute approximate surface area is 168 Å². The molecule has 0 fully saturated rings. The molecule has 0 unspecified atom stereocenters. The average Bonchev–Trinajstić information content (AvgIpc) is 3.35. The van der Waals surface area contributed by atoms with E-state index in [-0.39, 0.29) is 18.2 Å². The number of alkyl carbamates (subject to hydrolysis) is 1. The molecule has 29 heavy (non-hydrogen) atoms. The second kappa shape index (κ2) is 8.31. The van der Waals surface area contributed by atoms with Gasteiger partial charge in [0.05, 0.1) is 0 Å². The summed E-state index contributed by atoms with van der Waals surface area (Å²) in [6.45, 7) is 2.24. The van der Waals surface area contributed by atoms with E-state index in [0.717, 1.165) is 17.5 Å². The molecule has 6 heteroatoms. The van der Waals surface area contributed by atoms with Crippen molar-refractivity contribution in [1.29, 1.82) is 0 Å². The van der Waals surface area contributed by atoms with Gasteiger partial charge in [0.2, 0.25) is 5.89 Å². The molecule has 0 bridgehead atoms. The van der Waals surface area contributed by atoms with Gasteiger partial charge in [-0.25, -0.2) is 9.78 Å². The first-order valence-corrected chi connectivity index (χ1v) is 9.73. The number of amides is 1. The third-order valence-corrected chi connectivity index (χ3v) is 5.17. The van der Waals surface area contributed by atoms with Gasteiger partial charge >= 0.3 is 6.09 Å². The van der Waals surface area contributed by atoms with E-state index in [2.05, 4.69) is 34.6 Å². The lowest BCUT2D eigenvalue weighted by Crippen LogP contribution is -2.30. The predicted molar refractivity (Wildman–Crippen MR) is 108 cm³/mol. The first-order valence-electron chi connectivity index (χ1n) is 9.73. The number of aldehydes is 1. The lowest BCUT2D eigenvalue weighted by atomic mass is 9.98. The monoisotopic (exact) mass is 390 g/mol. The lowest BCUT2D eigenvalue weighted by molar-refractivity contribution is 0.111. The Morgan fingerprint density at radius 3 is 2.41 bits per heavy atom. The van der Waals surface area contributed by atoms with Crippen molar-refractivity contribution in [1.82, 2.24) is 10.3 Å². The van der Waals surface area contributed by atoms with Crippen LogP contribution in [0.3, 0.4) is 0 Å². The van der Waals surface area contributed by atoms with E-state index in [1.165, 1.54) is 17.4 Å². The number of hydrogen-bond donors (Lipinski definition) is 1. The molecule has 0 saturated heterocycles. The number of oxazole rings is 1. The number of ether oxygens (including phenoxy) is 1. The Balaban J connectivity index is 1.46. The van der Waals surface area contributed by atoms with E-state index in [4.69, 9.17) is 9.15 Å². The highest BCUT2D eigenvalue weighted by Gasteiger charge is 2.29. The second-order valence-corrected chi connectivity index (χ2v) is 7.04. The lowest BCUT2D eigenvalue weighted by Gasteiger charge is -2.17. The van der Waals surface area contributed by atoms with E-state index in [1.54, 1.807) is 0 Å². The number of nitrogens with one attached hydrogen (secondary N) is 1. The average molecular weight is 390 g/mol. The van der Waals surface area contributed by atoms with Crippen molar-refractivity contribution in [3.05, 3.63) is 77.5 Å². The number of rotatable bonds is 7. The van der Waals surface area contributed by atoms with Gasteiger partial charge in [0.25, 0.3) is 0 Å². The van der Waals surface area contributed by atoms with Crippen molar-refractivity contribution < 1.29 is 18.7 Å². The van der Waals surface area contributed by atoms with E-state index in [1.807, 2.05) is 31.2 Å². The summed E-state index contributed by atoms with van der Waals surface area (Å²) < 4.78 is 10.9. The number of fused-ring (bicyclic) bond motifs is 3. The van der Waals surface area contributed by atoms with E-state index >= 15 is 0 Å². The van der Waals surface area contributed by atoms with Gasteiger partial charge in [-0.05, 0) is 28.7 Å². The van der Waals surface area contributed by atoms with Crippen LogP contribution in [0.25, 0.3) is 11.1 Å². The summed E-state index contributed by atoms with van der Waals surface area (Å²) in [4.78, 5) is 27.4. The summed E-state index contributed by atoms with van der Waals surface area (Å²) >= 11 is 0. The molecule has 0 saturated carbocycles. The number of benzene rings is 2. The molecule has 1 aliphatic rings. The summed E-state index contributed by atoms with van der Waals surface area (Å²) in [5.74, 6) is 0.309. The minimum absolute atomic E-state index is 0.00109. The van der Waals surface area contributed by atoms with Crippen LogP contribution < -0.4 is 5.32 Å². The van der Waals surface area contributed by atoms with Gasteiger partial charge in [0.15, 0.2) is 6.29 Å². The largest absolute Gasteiger partial charge is 0.449 e. The molecular weight excluding hydrogens is 368 g/mol. The Morgan fingerprint density at radius 2 is 1.83 bits per heavy atom. The molecule has 148 valence electrons. The fraction of sp³-hybridized carbons (Fsp3) is 0.261. The second-order valence-electron chi connectivity index (χ2n) is 7.04. The predicted octanol–water partition coefficient (Wildman–Crippen LogP) is 4.87. The Hall–Kier alpha value is -3.41. The van der Waals surface area contributed by atoms with Crippen molar-refractivity contribution >= 4 is 12.4 Å². The Kier molecular flexibility index (Phi) is 5.42. The summed E-state index contributed by atoms with van der Waals surface area (Å²) in [6, 6.07) is 15.9. The quantitative estimate of drug-likeness (QED) is 0.582. The molecule has 6 nitrogen and oxygen atoms in total. The molecule has 1 amide bonds. The number of hydrogen-bond acceptors (Lipinski definition) is 5. The smallest absolute Gasteiger partial charge is 0.407 e. The highest BCUT2D eigenvalue weighted by molar-refractivity contribution is 5.79. The molecule has 1 aliphatic carbocycles. The molecule has 1 aromatic heterocycles. The van der Waals surface area contributed by atoms with Crippen molar-refractivity contribution in [3.63, 3.8) is 0 Å². The zero-order valence-corrected chi connectivity index (χ0v) is 16.1. The van der Waals surface area contributed by atoms with Crippen LogP contribution >= 0.6 is 0 Å². The normalized spacial score (nSPS) is 13.4. The van der Waals surface area contributed by atoms with Crippen LogP contribution in [0, 0.1) is 0 Å². The van der Waals surface area contributed by atoms with Crippen LogP contribution in [-0.4, -0.2) is 24.0 Å². The van der Waals surface area contributed by atoms with Gasteiger partial charge in [0.1, 0.15) is 24.6 Å². The van der Waals surface area contributed by atoms with Crippen molar-refractivity contribution in [2.75, 3.05) is 6.61 Å². The third-order valence-electron chi connectivity index (χ3n) is 5.17. The van der Waals surface area contributed by atoms with Crippen LogP contribution in [0.4, 0.5) is 4.79 Å². The fourth-order valence-corrected chi connectivity index (χ4v) is 3.84. The van der Waals surface area contributed by atoms with Crippen molar-refractivity contribution in [3.8, 4) is 11.1 Å². The minimum atomic E-state index is -0.531. The number of nitrogens with zero attached hydrogens (tertiary/aromatic N) is 1. The maximum Gasteiger partial charge on any atom is 0.407 e. The molecule has 1 atom stereocenters. The van der Waals surface area contributed by atoms with Crippen molar-refractivity contribution in [2.24, 2.45) is 0 Å². The molecule has 1 heterocycles. The van der Waals surface area contributed by atoms with Gasteiger partial charge < -0.3 is 14.5 Å². The molecular formula is C23H22N2O4. The summed E-state index contributed by atoms with van der Waals surface area (Å²) in [6.07, 6.45) is 2.81. The maximum atomic E-state index is 12.5. The van der Waals surface area contributed by atoms with Crippen LogP contribution in [-0.2, 0) is 4.74 Å². The summed E-state index contributed by atoms with van der Waals surface area (Å²) in [5.41, 5.74) is 4.89. The number of aromatic nitrogens is 1. The van der Waals surface area contributed by atoms with Crippen molar-refractivity contribution in [2.45, 2.75) is 31.7 Å². The molecule has 1 N–H and O–H groups in total. The first kappa shape index (κ1) is 18.9. The van der Waals surface area contributed by atoms with Crippen LogP contribution in [0.1, 0.15) is 59.2 Å². The fourth-order valence-electron chi connectivity index (χ4n) is 3.84. The van der Waals surface area contributed by atoms with E-state index in [0.29, 0.717) is 18.6 Å². The molecule has 0 radical (unpaired) electrons. The first-order chi connectivity index (χ1) is 14.2. The zero-order valence-electron chi connectivity index (χ0n) is 16.1. The molecule has 0 aliphatic heterocycles. The van der Waals surface area contributed by atoms with Gasteiger partial charge in [0, 0.05) is 5.92 Å². The minimum Gasteiger partial charge on any atom is -0.449 e. The molecule has 2 aromatic carbocycles.